The Morgan fingerprint density at radius 2 is 1.14 bits per heavy atom. The SMILES string of the molecule is c1ccc(NC(Nc2ccccc2)c2ccccn2)cc1. The second kappa shape index (κ2) is 6.57. The molecule has 0 bridgehead atoms. The highest BCUT2D eigenvalue weighted by Crippen LogP contribution is 2.20. The monoisotopic (exact) mass is 275 g/mol. The number of nitrogens with zero attached hydrogens (tertiary/aromatic N) is 1. The van der Waals surface area contributed by atoms with Gasteiger partial charge < -0.3 is 10.6 Å². The molecule has 0 radical (unpaired) electrons. The van der Waals surface area contributed by atoms with Gasteiger partial charge in [-0.3, -0.25) is 4.98 Å². The van der Waals surface area contributed by atoms with E-state index in [0.717, 1.165) is 17.1 Å². The number of hydrogen-bond acceptors (Lipinski definition) is 3. The lowest BCUT2D eigenvalue weighted by Gasteiger charge is -2.22. The van der Waals surface area contributed by atoms with Gasteiger partial charge in [0.1, 0.15) is 6.17 Å². The van der Waals surface area contributed by atoms with Crippen molar-refractivity contribution in [2.45, 2.75) is 6.17 Å². The Bertz CT molecular complexity index is 612. The highest BCUT2D eigenvalue weighted by atomic mass is 15.1. The van der Waals surface area contributed by atoms with Gasteiger partial charge in [-0.2, -0.15) is 0 Å². The third-order valence-electron chi connectivity index (χ3n) is 3.15. The summed E-state index contributed by atoms with van der Waals surface area (Å²) in [5.41, 5.74) is 3.05. The molecule has 0 atom stereocenters. The molecule has 1 aromatic heterocycles. The Morgan fingerprint density at radius 3 is 1.62 bits per heavy atom. The van der Waals surface area contributed by atoms with Crippen LogP contribution in [0.25, 0.3) is 0 Å². The van der Waals surface area contributed by atoms with Gasteiger partial charge in [-0.25, -0.2) is 0 Å². The standard InChI is InChI=1S/C18H17N3/c1-3-9-15(10-4-1)20-18(17-13-7-8-14-19-17)21-16-11-5-2-6-12-16/h1-14,18,20-21H. The molecule has 0 aliphatic carbocycles. The van der Waals surface area contributed by atoms with Gasteiger partial charge in [-0.15, -0.1) is 0 Å². The second-order valence-corrected chi connectivity index (χ2v) is 4.71. The predicted octanol–water partition coefficient (Wildman–Crippen LogP) is 4.30. The van der Waals surface area contributed by atoms with Crippen LogP contribution in [0.3, 0.4) is 0 Å². The van der Waals surface area contributed by atoms with Crippen LogP contribution < -0.4 is 10.6 Å². The van der Waals surface area contributed by atoms with Crippen LogP contribution in [0.2, 0.25) is 0 Å². The first-order valence-electron chi connectivity index (χ1n) is 6.96. The summed E-state index contributed by atoms with van der Waals surface area (Å²) >= 11 is 0. The summed E-state index contributed by atoms with van der Waals surface area (Å²) in [6.45, 7) is 0. The zero-order valence-electron chi connectivity index (χ0n) is 11.6. The van der Waals surface area contributed by atoms with Gasteiger partial charge in [0, 0.05) is 17.6 Å². The molecule has 0 amide bonds. The topological polar surface area (TPSA) is 37.0 Å². The van der Waals surface area contributed by atoms with Crippen molar-refractivity contribution in [3.05, 3.63) is 90.8 Å². The van der Waals surface area contributed by atoms with Crippen LogP contribution in [0.1, 0.15) is 11.9 Å². The number of benzene rings is 2. The van der Waals surface area contributed by atoms with Gasteiger partial charge in [0.2, 0.25) is 0 Å². The van der Waals surface area contributed by atoms with E-state index in [1.165, 1.54) is 0 Å². The molecule has 3 rings (SSSR count). The lowest BCUT2D eigenvalue weighted by atomic mass is 10.2. The molecule has 2 N–H and O–H groups in total. The third-order valence-corrected chi connectivity index (χ3v) is 3.15. The van der Waals surface area contributed by atoms with Crippen molar-refractivity contribution in [3.8, 4) is 0 Å². The molecular formula is C18H17N3. The van der Waals surface area contributed by atoms with Crippen LogP contribution in [0.4, 0.5) is 11.4 Å². The van der Waals surface area contributed by atoms with Gasteiger partial charge in [-0.05, 0) is 36.4 Å². The highest BCUT2D eigenvalue weighted by Gasteiger charge is 2.11. The van der Waals surface area contributed by atoms with Gasteiger partial charge in [0.15, 0.2) is 0 Å². The van der Waals surface area contributed by atoms with Crippen LogP contribution in [-0.4, -0.2) is 4.98 Å². The molecule has 1 heterocycles. The summed E-state index contributed by atoms with van der Waals surface area (Å²) in [7, 11) is 0. The molecular weight excluding hydrogens is 258 g/mol. The summed E-state index contributed by atoms with van der Waals surface area (Å²) in [5, 5.41) is 6.94. The maximum atomic E-state index is 4.45. The predicted molar refractivity (Wildman–Crippen MR) is 87.1 cm³/mol. The molecule has 104 valence electrons. The molecule has 2 aromatic carbocycles. The normalized spacial score (nSPS) is 10.3. The largest absolute Gasteiger partial charge is 0.360 e. The lowest BCUT2D eigenvalue weighted by Crippen LogP contribution is -2.20. The zero-order chi connectivity index (χ0) is 14.3. The highest BCUT2D eigenvalue weighted by molar-refractivity contribution is 5.50. The Balaban J connectivity index is 1.84. The number of nitrogens with one attached hydrogen (secondary N) is 2. The van der Waals surface area contributed by atoms with Crippen molar-refractivity contribution in [2.24, 2.45) is 0 Å². The minimum absolute atomic E-state index is 0.0870. The summed E-state index contributed by atoms with van der Waals surface area (Å²) in [5.74, 6) is 0. The minimum atomic E-state index is -0.0870. The number of aromatic nitrogens is 1. The molecule has 0 spiro atoms. The van der Waals surface area contributed by atoms with E-state index in [4.69, 9.17) is 0 Å². The first kappa shape index (κ1) is 13.2. The van der Waals surface area contributed by atoms with E-state index < -0.39 is 0 Å². The fourth-order valence-corrected chi connectivity index (χ4v) is 2.13. The average Bonchev–Trinajstić information content (AvgIpc) is 2.57. The smallest absolute Gasteiger partial charge is 0.140 e. The Hall–Kier alpha value is -2.81. The first-order chi connectivity index (χ1) is 10.4. The van der Waals surface area contributed by atoms with Crippen LogP contribution in [0, 0.1) is 0 Å². The third kappa shape index (κ3) is 3.60. The molecule has 0 aliphatic heterocycles. The molecule has 3 aromatic rings. The number of rotatable bonds is 5. The molecule has 0 fully saturated rings. The number of para-hydroxylation sites is 2. The quantitative estimate of drug-likeness (QED) is 0.681. The van der Waals surface area contributed by atoms with Crippen LogP contribution in [0.5, 0.6) is 0 Å². The fourth-order valence-electron chi connectivity index (χ4n) is 2.13. The van der Waals surface area contributed by atoms with Crippen LogP contribution in [0.15, 0.2) is 85.1 Å². The van der Waals surface area contributed by atoms with Crippen molar-refractivity contribution in [2.75, 3.05) is 10.6 Å². The van der Waals surface area contributed by atoms with Gasteiger partial charge >= 0.3 is 0 Å². The summed E-state index contributed by atoms with van der Waals surface area (Å²) in [6, 6.07) is 26.2. The zero-order valence-corrected chi connectivity index (χ0v) is 11.6. The van der Waals surface area contributed by atoms with E-state index in [1.807, 2.05) is 85.1 Å². The molecule has 3 heteroatoms. The fraction of sp³-hybridized carbons (Fsp3) is 0.0556. The minimum Gasteiger partial charge on any atom is -0.360 e. The molecule has 0 unspecified atom stereocenters. The second-order valence-electron chi connectivity index (χ2n) is 4.71. The van der Waals surface area contributed by atoms with Crippen molar-refractivity contribution >= 4 is 11.4 Å². The summed E-state index contributed by atoms with van der Waals surface area (Å²) in [6.07, 6.45) is 1.72. The number of hydrogen-bond donors (Lipinski definition) is 2. The molecule has 0 saturated heterocycles. The van der Waals surface area contributed by atoms with Crippen LogP contribution >= 0.6 is 0 Å². The summed E-state index contributed by atoms with van der Waals surface area (Å²) in [4.78, 5) is 4.45. The average molecular weight is 275 g/mol. The maximum absolute atomic E-state index is 4.45. The van der Waals surface area contributed by atoms with Gasteiger partial charge in [0.25, 0.3) is 0 Å². The van der Waals surface area contributed by atoms with E-state index in [2.05, 4.69) is 15.6 Å². The Morgan fingerprint density at radius 1 is 0.619 bits per heavy atom. The van der Waals surface area contributed by atoms with E-state index in [0.29, 0.717) is 0 Å². The van der Waals surface area contributed by atoms with Gasteiger partial charge in [0.05, 0.1) is 5.69 Å². The molecule has 0 saturated carbocycles. The molecule has 0 aliphatic rings. The Labute approximate surface area is 124 Å². The van der Waals surface area contributed by atoms with E-state index in [9.17, 15) is 0 Å². The van der Waals surface area contributed by atoms with Crippen LogP contribution in [-0.2, 0) is 0 Å². The van der Waals surface area contributed by atoms with Crippen molar-refractivity contribution in [1.29, 1.82) is 0 Å². The Kier molecular flexibility index (Phi) is 4.12. The molecule has 3 nitrogen and oxygen atoms in total. The van der Waals surface area contributed by atoms with Crippen molar-refractivity contribution < 1.29 is 0 Å². The van der Waals surface area contributed by atoms with Crippen molar-refractivity contribution in [1.82, 2.24) is 4.98 Å². The van der Waals surface area contributed by atoms with Gasteiger partial charge in [-0.1, -0.05) is 42.5 Å². The van der Waals surface area contributed by atoms with E-state index in [-0.39, 0.29) is 6.17 Å². The maximum Gasteiger partial charge on any atom is 0.140 e. The number of pyridine rings is 1. The van der Waals surface area contributed by atoms with E-state index >= 15 is 0 Å². The lowest BCUT2D eigenvalue weighted by molar-refractivity contribution is 0.855. The number of anilines is 2. The van der Waals surface area contributed by atoms with Crippen molar-refractivity contribution in [3.63, 3.8) is 0 Å². The first-order valence-corrected chi connectivity index (χ1v) is 6.96. The molecule has 21 heavy (non-hydrogen) atoms. The van der Waals surface area contributed by atoms with E-state index in [1.54, 1.807) is 0 Å². The summed E-state index contributed by atoms with van der Waals surface area (Å²) < 4.78 is 0.